The van der Waals surface area contributed by atoms with Crippen LogP contribution in [0, 0.1) is 0 Å². The van der Waals surface area contributed by atoms with E-state index < -0.39 is 42.2 Å². The average molecular weight is 428 g/mol. The number of hydrogen-bond donors (Lipinski definition) is 0. The van der Waals surface area contributed by atoms with Gasteiger partial charge in [-0.2, -0.15) is 0 Å². The summed E-state index contributed by atoms with van der Waals surface area (Å²) < 4.78 is 18.9. The molecule has 0 amide bonds. The van der Waals surface area contributed by atoms with E-state index in [2.05, 4.69) is 9.47 Å². The van der Waals surface area contributed by atoms with Gasteiger partial charge in [-0.15, -0.1) is 0 Å². The summed E-state index contributed by atoms with van der Waals surface area (Å²) in [5, 5.41) is 0. The van der Waals surface area contributed by atoms with Crippen molar-refractivity contribution in [3.05, 3.63) is 59.7 Å². The normalized spacial score (nSPS) is 9.87. The second kappa shape index (κ2) is 10.4. The summed E-state index contributed by atoms with van der Waals surface area (Å²) >= 11 is 0. The van der Waals surface area contributed by atoms with E-state index in [0.717, 1.165) is 13.8 Å². The van der Waals surface area contributed by atoms with E-state index in [4.69, 9.17) is 9.47 Å². The maximum absolute atomic E-state index is 12.1. The Labute approximate surface area is 175 Å². The Morgan fingerprint density at radius 1 is 0.613 bits per heavy atom. The van der Waals surface area contributed by atoms with E-state index in [-0.39, 0.29) is 22.6 Å². The lowest BCUT2D eigenvalue weighted by Crippen LogP contribution is -2.20. The van der Waals surface area contributed by atoms with Crippen molar-refractivity contribution in [1.82, 2.24) is 0 Å². The maximum Gasteiger partial charge on any atom is 0.349 e. The molecule has 10 nitrogen and oxygen atoms in total. The monoisotopic (exact) mass is 428 g/mol. The number of esters is 6. The smallest absolute Gasteiger partial charge is 0.349 e. The standard InChI is InChI=1S/C21H16O10/c1-12(22)28-20(26)14-7-3-5-9-16(14)30-18(24)11-19(25)31-17-10-6-4-8-15(17)21(27)29-13(2)23/h3-10H,11H2,1-2H3. The Balaban J connectivity index is 2.06. The van der Waals surface area contributed by atoms with Crippen LogP contribution in [0.25, 0.3) is 0 Å². The van der Waals surface area contributed by atoms with Crippen molar-refractivity contribution in [3.8, 4) is 11.5 Å². The lowest BCUT2D eigenvalue weighted by molar-refractivity contribution is -0.144. The molecule has 0 heterocycles. The second-order valence-corrected chi connectivity index (χ2v) is 5.88. The van der Waals surface area contributed by atoms with Gasteiger partial charge in [0.25, 0.3) is 0 Å². The van der Waals surface area contributed by atoms with Gasteiger partial charge in [0.05, 0.1) is 0 Å². The first-order chi connectivity index (χ1) is 14.7. The van der Waals surface area contributed by atoms with Gasteiger partial charge < -0.3 is 18.9 Å². The van der Waals surface area contributed by atoms with Crippen LogP contribution in [0.1, 0.15) is 41.0 Å². The Morgan fingerprint density at radius 3 is 1.32 bits per heavy atom. The molecule has 0 radical (unpaired) electrons. The average Bonchev–Trinajstić information content (AvgIpc) is 2.67. The van der Waals surface area contributed by atoms with Crippen LogP contribution in [0.2, 0.25) is 0 Å². The molecule has 2 aromatic carbocycles. The van der Waals surface area contributed by atoms with Crippen LogP contribution >= 0.6 is 0 Å². The summed E-state index contributed by atoms with van der Waals surface area (Å²) in [5.74, 6) is -6.36. The zero-order valence-corrected chi connectivity index (χ0v) is 16.4. The van der Waals surface area contributed by atoms with Gasteiger partial charge in [0.1, 0.15) is 29.0 Å². The van der Waals surface area contributed by atoms with Crippen LogP contribution < -0.4 is 9.47 Å². The van der Waals surface area contributed by atoms with Gasteiger partial charge in [0.2, 0.25) is 0 Å². The second-order valence-electron chi connectivity index (χ2n) is 5.88. The molecule has 0 bridgehead atoms. The van der Waals surface area contributed by atoms with E-state index in [9.17, 15) is 28.8 Å². The first-order valence-electron chi connectivity index (χ1n) is 8.72. The predicted molar refractivity (Wildman–Crippen MR) is 101 cm³/mol. The van der Waals surface area contributed by atoms with Gasteiger partial charge in [-0.25, -0.2) is 9.59 Å². The van der Waals surface area contributed by atoms with Crippen LogP contribution in [0.4, 0.5) is 0 Å². The van der Waals surface area contributed by atoms with Crippen molar-refractivity contribution in [3.63, 3.8) is 0 Å². The van der Waals surface area contributed by atoms with E-state index in [0.29, 0.717) is 0 Å². The molecular formula is C21H16O10. The highest BCUT2D eigenvalue weighted by Gasteiger charge is 2.22. The first-order valence-corrected chi connectivity index (χ1v) is 8.72. The summed E-state index contributed by atoms with van der Waals surface area (Å²) in [7, 11) is 0. The highest BCUT2D eigenvalue weighted by atomic mass is 16.6. The van der Waals surface area contributed by atoms with Gasteiger partial charge >= 0.3 is 35.8 Å². The summed E-state index contributed by atoms with van der Waals surface area (Å²) in [4.78, 5) is 69.9. The zero-order chi connectivity index (χ0) is 23.0. The molecular weight excluding hydrogens is 412 g/mol. The van der Waals surface area contributed by atoms with Crippen LogP contribution in [-0.2, 0) is 28.7 Å². The van der Waals surface area contributed by atoms with Crippen molar-refractivity contribution in [2.75, 3.05) is 0 Å². The molecule has 0 aliphatic heterocycles. The fourth-order valence-corrected chi connectivity index (χ4v) is 2.25. The molecule has 0 spiro atoms. The molecule has 10 heteroatoms. The van der Waals surface area contributed by atoms with Gasteiger partial charge in [0.15, 0.2) is 0 Å². The summed E-state index contributed by atoms with van der Waals surface area (Å²) in [5.41, 5.74) is -0.395. The zero-order valence-electron chi connectivity index (χ0n) is 16.4. The fraction of sp³-hybridized carbons (Fsp3) is 0.143. The highest BCUT2D eigenvalue weighted by Crippen LogP contribution is 2.21. The molecule has 0 saturated heterocycles. The Morgan fingerprint density at radius 2 is 0.968 bits per heavy atom. The van der Waals surface area contributed by atoms with Crippen LogP contribution in [-0.4, -0.2) is 35.8 Å². The Bertz CT molecular complexity index is 970. The number of carbonyl (C=O) groups excluding carboxylic acids is 6. The minimum absolute atomic E-state index is 0.197. The van der Waals surface area contributed by atoms with Crippen LogP contribution in [0.3, 0.4) is 0 Å². The molecule has 0 saturated carbocycles. The van der Waals surface area contributed by atoms with E-state index in [1.807, 2.05) is 0 Å². The molecule has 0 atom stereocenters. The van der Waals surface area contributed by atoms with E-state index >= 15 is 0 Å². The number of ether oxygens (including phenoxy) is 4. The molecule has 0 fully saturated rings. The van der Waals surface area contributed by atoms with Gasteiger partial charge in [-0.05, 0) is 24.3 Å². The minimum Gasteiger partial charge on any atom is -0.425 e. The molecule has 0 unspecified atom stereocenters. The lowest BCUT2D eigenvalue weighted by atomic mass is 10.2. The minimum atomic E-state index is -1.07. The van der Waals surface area contributed by atoms with Crippen molar-refractivity contribution < 1.29 is 47.7 Å². The number of para-hydroxylation sites is 2. The SMILES string of the molecule is CC(=O)OC(=O)c1ccccc1OC(=O)CC(=O)Oc1ccccc1C(=O)OC(C)=O. The third-order valence-corrected chi connectivity index (χ3v) is 3.42. The Kier molecular flexibility index (Phi) is 7.73. The molecule has 31 heavy (non-hydrogen) atoms. The van der Waals surface area contributed by atoms with Crippen molar-refractivity contribution in [2.24, 2.45) is 0 Å². The fourth-order valence-electron chi connectivity index (χ4n) is 2.25. The van der Waals surface area contributed by atoms with E-state index in [1.165, 1.54) is 48.5 Å². The van der Waals surface area contributed by atoms with Gasteiger partial charge in [0, 0.05) is 13.8 Å². The topological polar surface area (TPSA) is 139 Å². The van der Waals surface area contributed by atoms with E-state index in [1.54, 1.807) is 0 Å². The molecule has 2 aromatic rings. The molecule has 2 rings (SSSR count). The van der Waals surface area contributed by atoms with Gasteiger partial charge in [-0.3, -0.25) is 19.2 Å². The first kappa shape index (κ1) is 22.9. The largest absolute Gasteiger partial charge is 0.425 e. The van der Waals surface area contributed by atoms with Crippen LogP contribution in [0.5, 0.6) is 11.5 Å². The number of benzene rings is 2. The third-order valence-electron chi connectivity index (χ3n) is 3.42. The number of carbonyl (C=O) groups is 6. The summed E-state index contributed by atoms with van der Waals surface area (Å²) in [6.45, 7) is 2.07. The molecule has 0 aliphatic carbocycles. The molecule has 160 valence electrons. The van der Waals surface area contributed by atoms with Crippen LogP contribution in [0.15, 0.2) is 48.5 Å². The number of rotatable bonds is 6. The highest BCUT2D eigenvalue weighted by molar-refractivity contribution is 6.01. The molecule has 0 N–H and O–H groups in total. The maximum atomic E-state index is 12.1. The van der Waals surface area contributed by atoms with Crippen molar-refractivity contribution >= 4 is 35.8 Å². The predicted octanol–water partition coefficient (Wildman–Crippen LogP) is 1.99. The van der Waals surface area contributed by atoms with Gasteiger partial charge in [-0.1, -0.05) is 24.3 Å². The van der Waals surface area contributed by atoms with Crippen molar-refractivity contribution in [2.45, 2.75) is 20.3 Å². The third kappa shape index (κ3) is 6.89. The Hall–Kier alpha value is -4.34. The molecule has 0 aromatic heterocycles. The summed E-state index contributed by atoms with van der Waals surface area (Å²) in [6, 6.07) is 10.9. The van der Waals surface area contributed by atoms with Crippen molar-refractivity contribution in [1.29, 1.82) is 0 Å². The number of hydrogen-bond acceptors (Lipinski definition) is 10. The quantitative estimate of drug-likeness (QED) is 0.381. The summed E-state index contributed by atoms with van der Waals surface area (Å²) in [6.07, 6.45) is -0.869. The molecule has 0 aliphatic rings. The lowest BCUT2D eigenvalue weighted by Gasteiger charge is -2.10.